The summed E-state index contributed by atoms with van der Waals surface area (Å²) in [5, 5.41) is 3.11. The van der Waals surface area contributed by atoms with E-state index in [0.717, 1.165) is 37.0 Å². The lowest BCUT2D eigenvalue weighted by molar-refractivity contribution is 0.0940. The lowest BCUT2D eigenvalue weighted by atomic mass is 10.1. The lowest BCUT2D eigenvalue weighted by Gasteiger charge is -2.21. The van der Waals surface area contributed by atoms with Gasteiger partial charge in [0.25, 0.3) is 5.91 Å². The number of carbonyl (C=O) groups excluding carboxylic acids is 1. The molecular formula is C23H29ClN2O4S. The Morgan fingerprint density at radius 1 is 1.10 bits per heavy atom. The molecule has 1 heterocycles. The van der Waals surface area contributed by atoms with Crippen LogP contribution in [0, 0.1) is 0 Å². The number of halogens is 1. The summed E-state index contributed by atoms with van der Waals surface area (Å²) < 4.78 is 33.1. The summed E-state index contributed by atoms with van der Waals surface area (Å²) in [7, 11) is -3.67. The van der Waals surface area contributed by atoms with Gasteiger partial charge >= 0.3 is 0 Å². The molecule has 1 amide bonds. The lowest BCUT2D eigenvalue weighted by Crippen LogP contribution is -2.32. The molecule has 31 heavy (non-hydrogen) atoms. The van der Waals surface area contributed by atoms with Crippen LogP contribution in [-0.2, 0) is 10.0 Å². The van der Waals surface area contributed by atoms with Crippen LogP contribution in [0.3, 0.4) is 0 Å². The van der Waals surface area contributed by atoms with E-state index in [0.29, 0.717) is 19.7 Å². The SMILES string of the molecule is CCOc1ccc(C(C)NC(=O)c2cc(S(=O)(=O)N3CCCCCC3)ccc2Cl)cc1. The Hall–Kier alpha value is -2.09. The fourth-order valence-electron chi connectivity index (χ4n) is 3.65. The van der Waals surface area contributed by atoms with Crippen molar-refractivity contribution >= 4 is 27.5 Å². The highest BCUT2D eigenvalue weighted by atomic mass is 35.5. The molecule has 0 saturated carbocycles. The van der Waals surface area contributed by atoms with Crippen LogP contribution >= 0.6 is 11.6 Å². The van der Waals surface area contributed by atoms with Gasteiger partial charge in [-0.05, 0) is 62.6 Å². The molecule has 3 rings (SSSR count). The van der Waals surface area contributed by atoms with E-state index in [9.17, 15) is 13.2 Å². The molecular weight excluding hydrogens is 436 g/mol. The summed E-state index contributed by atoms with van der Waals surface area (Å²) in [6.45, 7) is 5.37. The van der Waals surface area contributed by atoms with Crippen molar-refractivity contribution in [2.75, 3.05) is 19.7 Å². The van der Waals surface area contributed by atoms with Crippen molar-refractivity contribution in [3.05, 3.63) is 58.6 Å². The first-order valence-corrected chi connectivity index (χ1v) is 12.5. The van der Waals surface area contributed by atoms with Crippen LogP contribution in [0.25, 0.3) is 0 Å². The van der Waals surface area contributed by atoms with Gasteiger partial charge in [0.15, 0.2) is 0 Å². The van der Waals surface area contributed by atoms with Gasteiger partial charge in [-0.2, -0.15) is 4.31 Å². The molecule has 1 aliphatic rings. The number of rotatable bonds is 7. The number of hydrogen-bond donors (Lipinski definition) is 1. The molecule has 1 saturated heterocycles. The molecule has 2 aromatic carbocycles. The number of sulfonamides is 1. The van der Waals surface area contributed by atoms with Crippen molar-refractivity contribution < 1.29 is 17.9 Å². The summed E-state index contributed by atoms with van der Waals surface area (Å²) in [4.78, 5) is 13.0. The molecule has 6 nitrogen and oxygen atoms in total. The Kier molecular flexibility index (Phi) is 7.97. The van der Waals surface area contributed by atoms with Gasteiger partial charge < -0.3 is 10.1 Å². The first-order chi connectivity index (χ1) is 14.8. The van der Waals surface area contributed by atoms with Crippen LogP contribution in [0.4, 0.5) is 0 Å². The monoisotopic (exact) mass is 464 g/mol. The fraction of sp³-hybridized carbons (Fsp3) is 0.435. The molecule has 1 aliphatic heterocycles. The number of carbonyl (C=O) groups is 1. The average Bonchev–Trinajstić information content (AvgIpc) is 3.05. The first kappa shape index (κ1) is 23.6. The van der Waals surface area contributed by atoms with Gasteiger partial charge in [0, 0.05) is 13.1 Å². The number of hydrogen-bond acceptors (Lipinski definition) is 4. The van der Waals surface area contributed by atoms with Crippen LogP contribution < -0.4 is 10.1 Å². The third kappa shape index (κ3) is 5.79. The topological polar surface area (TPSA) is 75.7 Å². The third-order valence-corrected chi connectivity index (χ3v) is 7.65. The zero-order chi connectivity index (χ0) is 22.4. The van der Waals surface area contributed by atoms with Crippen molar-refractivity contribution in [1.29, 1.82) is 0 Å². The zero-order valence-corrected chi connectivity index (χ0v) is 19.5. The highest BCUT2D eigenvalue weighted by Crippen LogP contribution is 2.26. The van der Waals surface area contributed by atoms with Gasteiger partial charge in [-0.15, -0.1) is 0 Å². The maximum atomic E-state index is 13.1. The van der Waals surface area contributed by atoms with Gasteiger partial charge in [0.1, 0.15) is 5.75 Å². The van der Waals surface area contributed by atoms with E-state index >= 15 is 0 Å². The van der Waals surface area contributed by atoms with Crippen LogP contribution in [0.2, 0.25) is 5.02 Å². The molecule has 2 aromatic rings. The molecule has 1 unspecified atom stereocenters. The zero-order valence-electron chi connectivity index (χ0n) is 17.9. The molecule has 1 N–H and O–H groups in total. The summed E-state index contributed by atoms with van der Waals surface area (Å²) >= 11 is 6.25. The van der Waals surface area contributed by atoms with Crippen molar-refractivity contribution in [3.8, 4) is 5.75 Å². The van der Waals surface area contributed by atoms with Crippen molar-refractivity contribution in [3.63, 3.8) is 0 Å². The van der Waals surface area contributed by atoms with Crippen LogP contribution in [0.5, 0.6) is 5.75 Å². The minimum Gasteiger partial charge on any atom is -0.494 e. The highest BCUT2D eigenvalue weighted by molar-refractivity contribution is 7.89. The molecule has 0 aliphatic carbocycles. The molecule has 168 valence electrons. The minimum absolute atomic E-state index is 0.0951. The van der Waals surface area contributed by atoms with E-state index in [1.54, 1.807) is 0 Å². The third-order valence-electron chi connectivity index (χ3n) is 5.42. The normalized spacial score (nSPS) is 16.4. The van der Waals surface area contributed by atoms with E-state index in [1.165, 1.54) is 22.5 Å². The Labute approximate surface area is 189 Å². The second-order valence-electron chi connectivity index (χ2n) is 7.66. The Balaban J connectivity index is 1.78. The number of amides is 1. The second kappa shape index (κ2) is 10.5. The standard InChI is InChI=1S/C23H29ClN2O4S/c1-3-30-19-10-8-18(9-11-19)17(2)25-23(27)21-16-20(12-13-22(21)24)31(28,29)26-14-6-4-5-7-15-26/h8-13,16-17H,3-7,14-15H2,1-2H3,(H,25,27). The number of benzene rings is 2. The Morgan fingerprint density at radius 3 is 2.35 bits per heavy atom. The summed E-state index contributed by atoms with van der Waals surface area (Å²) in [5.41, 5.74) is 1.05. The molecule has 1 fully saturated rings. The predicted octanol–water partition coefficient (Wildman–Crippen LogP) is 4.79. The first-order valence-electron chi connectivity index (χ1n) is 10.7. The summed E-state index contributed by atoms with van der Waals surface area (Å²) in [5.74, 6) is 0.346. The molecule has 8 heteroatoms. The van der Waals surface area contributed by atoms with Gasteiger partial charge in [-0.1, -0.05) is 36.6 Å². The van der Waals surface area contributed by atoms with Gasteiger partial charge in [-0.3, -0.25) is 4.79 Å². The number of ether oxygens (including phenoxy) is 1. The highest BCUT2D eigenvalue weighted by Gasteiger charge is 2.27. The van der Waals surface area contributed by atoms with Crippen molar-refractivity contribution in [2.24, 2.45) is 0 Å². The maximum Gasteiger partial charge on any atom is 0.253 e. The van der Waals surface area contributed by atoms with Crippen LogP contribution in [0.15, 0.2) is 47.4 Å². The molecule has 0 spiro atoms. The van der Waals surface area contributed by atoms with E-state index in [2.05, 4.69) is 5.32 Å². The molecule has 0 radical (unpaired) electrons. The van der Waals surface area contributed by atoms with E-state index < -0.39 is 15.9 Å². The van der Waals surface area contributed by atoms with Gasteiger partial charge in [-0.25, -0.2) is 8.42 Å². The molecule has 0 aromatic heterocycles. The maximum absolute atomic E-state index is 13.1. The minimum atomic E-state index is -3.67. The summed E-state index contributed by atoms with van der Waals surface area (Å²) in [6.07, 6.45) is 3.76. The Bertz CT molecular complexity index is 1000. The van der Waals surface area contributed by atoms with Crippen molar-refractivity contribution in [1.82, 2.24) is 9.62 Å². The predicted molar refractivity (Wildman–Crippen MR) is 122 cm³/mol. The van der Waals surface area contributed by atoms with E-state index in [-0.39, 0.29) is 21.5 Å². The number of nitrogens with one attached hydrogen (secondary N) is 1. The van der Waals surface area contributed by atoms with Crippen LogP contribution in [0.1, 0.15) is 61.5 Å². The Morgan fingerprint density at radius 2 is 1.74 bits per heavy atom. The summed E-state index contributed by atoms with van der Waals surface area (Å²) in [6, 6.07) is 11.5. The fourth-order valence-corrected chi connectivity index (χ4v) is 5.39. The largest absolute Gasteiger partial charge is 0.494 e. The van der Waals surface area contributed by atoms with Gasteiger partial charge in [0.05, 0.1) is 28.1 Å². The van der Waals surface area contributed by atoms with Crippen molar-refractivity contribution in [2.45, 2.75) is 50.5 Å². The number of nitrogens with zero attached hydrogens (tertiary/aromatic N) is 1. The van der Waals surface area contributed by atoms with E-state index in [4.69, 9.17) is 16.3 Å². The van der Waals surface area contributed by atoms with Gasteiger partial charge in [0.2, 0.25) is 10.0 Å². The molecule has 1 atom stereocenters. The smallest absolute Gasteiger partial charge is 0.253 e. The molecule has 0 bridgehead atoms. The quantitative estimate of drug-likeness (QED) is 0.638. The van der Waals surface area contributed by atoms with E-state index in [1.807, 2.05) is 38.1 Å². The van der Waals surface area contributed by atoms with Crippen LogP contribution in [-0.4, -0.2) is 38.3 Å². The second-order valence-corrected chi connectivity index (χ2v) is 10.0. The average molecular weight is 465 g/mol.